The normalized spacial score (nSPS) is 19.6. The van der Waals surface area contributed by atoms with Crippen molar-refractivity contribution < 1.29 is 18.7 Å². The van der Waals surface area contributed by atoms with Crippen molar-refractivity contribution in [3.05, 3.63) is 53.5 Å². The molecule has 0 spiro atoms. The van der Waals surface area contributed by atoms with Gasteiger partial charge in [-0.2, -0.15) is 0 Å². The van der Waals surface area contributed by atoms with Crippen molar-refractivity contribution in [2.24, 2.45) is 0 Å². The first-order valence-corrected chi connectivity index (χ1v) is 10.0. The largest absolute Gasteiger partial charge is 0.464 e. The molecule has 4 rings (SSSR count). The summed E-state index contributed by atoms with van der Waals surface area (Å²) >= 11 is 0. The molecule has 0 radical (unpaired) electrons. The third kappa shape index (κ3) is 3.69. The number of anilines is 1. The number of furan rings is 1. The summed E-state index contributed by atoms with van der Waals surface area (Å²) in [5, 5.41) is 0. The quantitative estimate of drug-likeness (QED) is 0.797. The molecule has 28 heavy (non-hydrogen) atoms. The van der Waals surface area contributed by atoms with Gasteiger partial charge in [0.2, 0.25) is 11.8 Å². The van der Waals surface area contributed by atoms with Crippen LogP contribution in [0, 0.1) is 0 Å². The minimum atomic E-state index is -0.203. The molecule has 3 heterocycles. The molecule has 2 aromatic rings. The third-order valence-electron chi connectivity index (χ3n) is 5.55. The van der Waals surface area contributed by atoms with Crippen LogP contribution in [0.4, 0.5) is 5.69 Å². The van der Waals surface area contributed by atoms with Crippen molar-refractivity contribution in [3.63, 3.8) is 0 Å². The Hall–Kier alpha value is -2.60. The number of benzene rings is 1. The standard InChI is InChI=1S/C22H26N2O4/c1-2-17-8-9-20(28-17)19-15-27-14-13-24(19)22(26)11-12-23-18-6-4-3-5-16(18)7-10-21(23)25/h3-6,8-9,19H,2,7,10-15H2,1H3. The predicted molar refractivity (Wildman–Crippen MR) is 105 cm³/mol. The lowest BCUT2D eigenvalue weighted by atomic mass is 10.0. The zero-order valence-electron chi connectivity index (χ0n) is 16.2. The fraction of sp³-hybridized carbons (Fsp3) is 0.455. The number of nitrogens with zero attached hydrogens (tertiary/aromatic N) is 2. The lowest BCUT2D eigenvalue weighted by molar-refractivity contribution is -0.140. The van der Waals surface area contributed by atoms with Gasteiger partial charge in [0, 0.05) is 38.0 Å². The highest BCUT2D eigenvalue weighted by molar-refractivity contribution is 5.97. The molecule has 2 amide bonds. The molecule has 0 aliphatic carbocycles. The highest BCUT2D eigenvalue weighted by atomic mass is 16.5. The number of ether oxygens (including phenoxy) is 1. The van der Waals surface area contributed by atoms with E-state index in [4.69, 9.17) is 9.15 Å². The summed E-state index contributed by atoms with van der Waals surface area (Å²) in [6, 6.07) is 11.6. The first kappa shape index (κ1) is 18.7. The number of hydrogen-bond acceptors (Lipinski definition) is 4. The number of para-hydroxylation sites is 1. The zero-order chi connectivity index (χ0) is 19.5. The number of rotatable bonds is 5. The van der Waals surface area contributed by atoms with Crippen LogP contribution in [0.2, 0.25) is 0 Å². The van der Waals surface area contributed by atoms with Gasteiger partial charge in [0.25, 0.3) is 0 Å². The van der Waals surface area contributed by atoms with Crippen molar-refractivity contribution >= 4 is 17.5 Å². The molecule has 1 unspecified atom stereocenters. The Labute approximate surface area is 165 Å². The summed E-state index contributed by atoms with van der Waals surface area (Å²) < 4.78 is 11.5. The van der Waals surface area contributed by atoms with Crippen molar-refractivity contribution in [3.8, 4) is 0 Å². The number of carbonyl (C=O) groups is 2. The summed E-state index contributed by atoms with van der Waals surface area (Å²) in [6.07, 6.45) is 2.37. The maximum absolute atomic E-state index is 13.0. The number of morpholine rings is 1. The van der Waals surface area contributed by atoms with E-state index in [0.29, 0.717) is 32.7 Å². The molecule has 6 nitrogen and oxygen atoms in total. The third-order valence-corrected chi connectivity index (χ3v) is 5.55. The summed E-state index contributed by atoms with van der Waals surface area (Å²) in [4.78, 5) is 29.0. The average molecular weight is 382 g/mol. The molecular formula is C22H26N2O4. The van der Waals surface area contributed by atoms with Gasteiger partial charge in [0.05, 0.1) is 13.2 Å². The van der Waals surface area contributed by atoms with Gasteiger partial charge >= 0.3 is 0 Å². The molecule has 1 fully saturated rings. The molecule has 1 aromatic heterocycles. The van der Waals surface area contributed by atoms with Gasteiger partial charge in [0.1, 0.15) is 17.6 Å². The second-order valence-electron chi connectivity index (χ2n) is 7.26. The Balaban J connectivity index is 1.46. The number of carbonyl (C=O) groups excluding carboxylic acids is 2. The summed E-state index contributed by atoms with van der Waals surface area (Å²) in [5.74, 6) is 1.79. The van der Waals surface area contributed by atoms with E-state index in [2.05, 4.69) is 6.07 Å². The summed E-state index contributed by atoms with van der Waals surface area (Å²) in [5.41, 5.74) is 2.10. The van der Waals surface area contributed by atoms with Crippen molar-refractivity contribution in [2.45, 2.75) is 38.6 Å². The highest BCUT2D eigenvalue weighted by Crippen LogP contribution is 2.29. The number of fused-ring (bicyclic) bond motifs is 1. The molecule has 1 aromatic carbocycles. The van der Waals surface area contributed by atoms with E-state index in [1.165, 1.54) is 5.56 Å². The molecule has 1 saturated heterocycles. The maximum Gasteiger partial charge on any atom is 0.227 e. The molecule has 0 N–H and O–H groups in total. The molecule has 148 valence electrons. The summed E-state index contributed by atoms with van der Waals surface area (Å²) in [6.45, 7) is 3.94. The molecule has 0 bridgehead atoms. The van der Waals surface area contributed by atoms with Gasteiger partial charge in [-0.1, -0.05) is 25.1 Å². The minimum Gasteiger partial charge on any atom is -0.464 e. The van der Waals surface area contributed by atoms with Crippen LogP contribution in [0.1, 0.15) is 42.9 Å². The summed E-state index contributed by atoms with van der Waals surface area (Å²) in [7, 11) is 0. The Morgan fingerprint density at radius 2 is 2.04 bits per heavy atom. The first-order valence-electron chi connectivity index (χ1n) is 10.0. The van der Waals surface area contributed by atoms with Crippen LogP contribution in [-0.4, -0.2) is 43.0 Å². The van der Waals surface area contributed by atoms with Crippen LogP contribution < -0.4 is 4.90 Å². The van der Waals surface area contributed by atoms with E-state index < -0.39 is 0 Å². The Bertz CT molecular complexity index is 860. The van der Waals surface area contributed by atoms with E-state index in [1.807, 2.05) is 42.2 Å². The molecule has 2 aliphatic heterocycles. The Morgan fingerprint density at radius 1 is 1.18 bits per heavy atom. The molecular weight excluding hydrogens is 356 g/mol. The fourth-order valence-corrected chi connectivity index (χ4v) is 3.99. The molecule has 1 atom stereocenters. The lowest BCUT2D eigenvalue weighted by Gasteiger charge is -2.35. The van der Waals surface area contributed by atoms with Crippen LogP contribution in [0.25, 0.3) is 0 Å². The second kappa shape index (κ2) is 8.19. The van der Waals surface area contributed by atoms with Crippen molar-refractivity contribution in [2.75, 3.05) is 31.2 Å². The first-order chi connectivity index (χ1) is 13.7. The smallest absolute Gasteiger partial charge is 0.227 e. The van der Waals surface area contributed by atoms with Gasteiger partial charge in [-0.15, -0.1) is 0 Å². The van der Waals surface area contributed by atoms with Gasteiger partial charge in [-0.3, -0.25) is 9.59 Å². The van der Waals surface area contributed by atoms with E-state index in [1.54, 1.807) is 4.90 Å². The van der Waals surface area contributed by atoms with Crippen LogP contribution in [0.5, 0.6) is 0 Å². The van der Waals surface area contributed by atoms with Gasteiger partial charge in [-0.05, 0) is 30.2 Å². The van der Waals surface area contributed by atoms with Crippen LogP contribution in [0.15, 0.2) is 40.8 Å². The van der Waals surface area contributed by atoms with Crippen LogP contribution in [0.3, 0.4) is 0 Å². The predicted octanol–water partition coefficient (Wildman–Crippen LogP) is 3.11. The SMILES string of the molecule is CCc1ccc(C2COCCN2C(=O)CCN2C(=O)CCc3ccccc32)o1. The van der Waals surface area contributed by atoms with Crippen molar-refractivity contribution in [1.29, 1.82) is 0 Å². The van der Waals surface area contributed by atoms with Gasteiger partial charge in [0.15, 0.2) is 0 Å². The number of aryl methyl sites for hydroxylation is 2. The highest BCUT2D eigenvalue weighted by Gasteiger charge is 2.32. The lowest BCUT2D eigenvalue weighted by Crippen LogP contribution is -2.45. The van der Waals surface area contributed by atoms with Crippen LogP contribution in [-0.2, 0) is 27.2 Å². The van der Waals surface area contributed by atoms with Crippen LogP contribution >= 0.6 is 0 Å². The maximum atomic E-state index is 13.0. The van der Waals surface area contributed by atoms with E-state index >= 15 is 0 Å². The number of amides is 2. The second-order valence-corrected chi connectivity index (χ2v) is 7.26. The molecule has 0 saturated carbocycles. The van der Waals surface area contributed by atoms with E-state index in [-0.39, 0.29) is 24.3 Å². The van der Waals surface area contributed by atoms with E-state index in [9.17, 15) is 9.59 Å². The topological polar surface area (TPSA) is 63.0 Å². The molecule has 6 heteroatoms. The van der Waals surface area contributed by atoms with E-state index in [0.717, 1.165) is 30.0 Å². The molecule has 2 aliphatic rings. The average Bonchev–Trinajstić information content (AvgIpc) is 3.22. The number of hydrogen-bond donors (Lipinski definition) is 0. The Kier molecular flexibility index (Phi) is 5.48. The monoisotopic (exact) mass is 382 g/mol. The fourth-order valence-electron chi connectivity index (χ4n) is 3.99. The van der Waals surface area contributed by atoms with Gasteiger partial charge in [-0.25, -0.2) is 0 Å². The van der Waals surface area contributed by atoms with Crippen molar-refractivity contribution in [1.82, 2.24) is 4.90 Å². The Morgan fingerprint density at radius 3 is 2.86 bits per heavy atom. The zero-order valence-corrected chi connectivity index (χ0v) is 16.2. The minimum absolute atomic E-state index is 0.0265. The van der Waals surface area contributed by atoms with Gasteiger partial charge < -0.3 is 19.0 Å².